The monoisotopic (exact) mass is 503 g/mol. The summed E-state index contributed by atoms with van der Waals surface area (Å²) in [6.07, 6.45) is -0.208. The number of anilines is 1. The smallest absolute Gasteiger partial charge is 0.254 e. The molecule has 1 saturated heterocycles. The Hall–Kier alpha value is -3.10. The topological polar surface area (TPSA) is 70.6 Å². The Morgan fingerprint density at radius 2 is 1.83 bits per heavy atom. The van der Waals surface area contributed by atoms with E-state index in [4.69, 9.17) is 14.7 Å². The Labute approximate surface area is 217 Å². The third kappa shape index (κ3) is 5.50. The summed E-state index contributed by atoms with van der Waals surface area (Å²) >= 11 is 1.39. The van der Waals surface area contributed by atoms with Crippen molar-refractivity contribution in [3.8, 4) is 17.1 Å². The minimum Gasteiger partial charge on any atom is -0.471 e. The Bertz CT molecular complexity index is 1240. The summed E-state index contributed by atoms with van der Waals surface area (Å²) in [6.45, 7) is 12.3. The Morgan fingerprint density at radius 3 is 2.61 bits per heavy atom. The van der Waals surface area contributed by atoms with Crippen molar-refractivity contribution in [2.45, 2.75) is 38.7 Å². The predicted octanol–water partition coefficient (Wildman–Crippen LogP) is 5.05. The summed E-state index contributed by atoms with van der Waals surface area (Å²) < 4.78 is 9.83. The number of carbonyl (C=O) groups excluding carboxylic acids is 1. The molecule has 6 bridgehead atoms. The molecule has 2 aliphatic heterocycles. The van der Waals surface area contributed by atoms with E-state index < -0.39 is 0 Å². The van der Waals surface area contributed by atoms with Crippen LogP contribution in [0, 0.1) is 19.8 Å². The predicted molar refractivity (Wildman–Crippen MR) is 144 cm³/mol. The molecule has 0 saturated carbocycles. The van der Waals surface area contributed by atoms with E-state index in [0.29, 0.717) is 36.4 Å². The number of hydrogen-bond donors (Lipinski definition) is 1. The maximum atomic E-state index is 13.5. The molecule has 5 rings (SSSR count). The van der Waals surface area contributed by atoms with Crippen LogP contribution in [0.1, 0.15) is 35.3 Å². The molecule has 188 valence electrons. The number of amides is 1. The van der Waals surface area contributed by atoms with Gasteiger partial charge in [-0.2, -0.15) is 4.98 Å². The third-order valence-corrected chi connectivity index (χ3v) is 7.33. The van der Waals surface area contributed by atoms with Gasteiger partial charge in [-0.3, -0.25) is 14.4 Å². The number of aromatic nitrogens is 2. The highest BCUT2D eigenvalue weighted by molar-refractivity contribution is 8.00. The highest BCUT2D eigenvalue weighted by Crippen LogP contribution is 2.31. The summed E-state index contributed by atoms with van der Waals surface area (Å²) in [4.78, 5) is 28.3. The van der Waals surface area contributed by atoms with Crippen LogP contribution in [0.25, 0.3) is 11.3 Å². The van der Waals surface area contributed by atoms with Crippen molar-refractivity contribution in [3.05, 3.63) is 65.2 Å². The lowest BCUT2D eigenvalue weighted by atomic mass is 10.00. The van der Waals surface area contributed by atoms with E-state index in [9.17, 15) is 4.79 Å². The maximum Gasteiger partial charge on any atom is 0.254 e. The lowest BCUT2D eigenvalue weighted by Crippen LogP contribution is -2.40. The molecule has 36 heavy (non-hydrogen) atoms. The molecule has 1 fully saturated rings. The minimum atomic E-state index is -0.208. The molecular weight excluding hydrogens is 470 g/mol. The molecule has 2 aromatic carbocycles. The van der Waals surface area contributed by atoms with Gasteiger partial charge >= 0.3 is 0 Å². The molecule has 3 aromatic rings. The van der Waals surface area contributed by atoms with Crippen molar-refractivity contribution in [3.63, 3.8) is 0 Å². The van der Waals surface area contributed by atoms with Crippen molar-refractivity contribution < 1.29 is 9.53 Å². The van der Waals surface area contributed by atoms with Gasteiger partial charge in [-0.05, 0) is 61.0 Å². The molecule has 1 atom stereocenters. The average molecular weight is 504 g/mol. The number of rotatable bonds is 3. The van der Waals surface area contributed by atoms with Crippen molar-refractivity contribution in [2.24, 2.45) is 5.92 Å². The second-order valence-corrected chi connectivity index (χ2v) is 10.9. The lowest BCUT2D eigenvalue weighted by Gasteiger charge is -2.26. The fourth-order valence-electron chi connectivity index (χ4n) is 5.01. The van der Waals surface area contributed by atoms with Gasteiger partial charge in [0.05, 0.1) is 12.2 Å². The standard InChI is InChI=1S/C28H33N5O2S/c1-18(2)15-32-11-12-33-17-22(16-32)35-25-14-24(26-19(3)7-5-8-20(26)4)29-28(30-25)31-36-23-10-6-9-21(13-23)27(33)34/h5-10,13-14,18,22H,11-12,15-17H2,1-4H3,(H,29,30,31). The van der Waals surface area contributed by atoms with E-state index in [2.05, 4.69) is 55.5 Å². The number of benzene rings is 2. The van der Waals surface area contributed by atoms with Crippen LogP contribution < -0.4 is 9.46 Å². The van der Waals surface area contributed by atoms with Crippen molar-refractivity contribution in [1.29, 1.82) is 0 Å². The van der Waals surface area contributed by atoms with E-state index in [0.717, 1.165) is 46.9 Å². The Balaban J connectivity index is 1.58. The highest BCUT2D eigenvalue weighted by atomic mass is 32.2. The van der Waals surface area contributed by atoms with E-state index in [-0.39, 0.29) is 12.0 Å². The quantitative estimate of drug-likeness (QED) is 0.501. The Morgan fingerprint density at radius 1 is 1.06 bits per heavy atom. The Kier molecular flexibility index (Phi) is 7.16. The van der Waals surface area contributed by atoms with Crippen LogP contribution in [0.2, 0.25) is 0 Å². The molecule has 0 radical (unpaired) electrons. The molecule has 1 N–H and O–H groups in total. The van der Waals surface area contributed by atoms with Gasteiger partial charge < -0.3 is 9.64 Å². The molecule has 1 aromatic heterocycles. The van der Waals surface area contributed by atoms with Crippen LogP contribution in [-0.4, -0.2) is 64.5 Å². The highest BCUT2D eigenvalue weighted by Gasteiger charge is 2.29. The number of nitrogens with zero attached hydrogens (tertiary/aromatic N) is 4. The molecular formula is C28H33N5O2S. The molecule has 0 aliphatic carbocycles. The largest absolute Gasteiger partial charge is 0.471 e. The van der Waals surface area contributed by atoms with Gasteiger partial charge in [-0.1, -0.05) is 38.1 Å². The molecule has 0 spiro atoms. The summed E-state index contributed by atoms with van der Waals surface area (Å²) in [7, 11) is 0. The van der Waals surface area contributed by atoms with Gasteiger partial charge in [0, 0.05) is 48.3 Å². The van der Waals surface area contributed by atoms with E-state index in [1.807, 2.05) is 35.2 Å². The maximum absolute atomic E-state index is 13.5. The van der Waals surface area contributed by atoms with Crippen molar-refractivity contribution in [1.82, 2.24) is 19.8 Å². The first-order valence-corrected chi connectivity index (χ1v) is 13.3. The van der Waals surface area contributed by atoms with Crippen LogP contribution >= 0.6 is 11.9 Å². The first kappa shape index (κ1) is 24.6. The number of aryl methyl sites for hydroxylation is 2. The summed E-state index contributed by atoms with van der Waals surface area (Å²) in [5.41, 5.74) is 4.89. The van der Waals surface area contributed by atoms with Crippen LogP contribution in [0.5, 0.6) is 5.88 Å². The normalized spacial score (nSPS) is 18.4. The van der Waals surface area contributed by atoms with Gasteiger partial charge in [-0.15, -0.1) is 0 Å². The second kappa shape index (κ2) is 10.5. The first-order valence-electron chi connectivity index (χ1n) is 12.5. The van der Waals surface area contributed by atoms with Crippen LogP contribution in [0.3, 0.4) is 0 Å². The van der Waals surface area contributed by atoms with Gasteiger partial charge in [0.1, 0.15) is 6.10 Å². The van der Waals surface area contributed by atoms with Crippen LogP contribution in [-0.2, 0) is 0 Å². The summed E-state index contributed by atoms with van der Waals surface area (Å²) in [5, 5.41) is 0. The molecule has 2 aliphatic rings. The lowest BCUT2D eigenvalue weighted by molar-refractivity contribution is 0.0689. The fourth-order valence-corrected chi connectivity index (χ4v) is 5.64. The molecule has 3 heterocycles. The van der Waals surface area contributed by atoms with Gasteiger partial charge in [0.2, 0.25) is 11.8 Å². The minimum absolute atomic E-state index is 0.0331. The number of ether oxygens (including phenoxy) is 1. The van der Waals surface area contributed by atoms with E-state index in [1.54, 1.807) is 0 Å². The molecule has 8 heteroatoms. The van der Waals surface area contributed by atoms with Crippen molar-refractivity contribution in [2.75, 3.05) is 37.4 Å². The van der Waals surface area contributed by atoms with E-state index in [1.165, 1.54) is 11.9 Å². The fraction of sp³-hybridized carbons (Fsp3) is 0.393. The van der Waals surface area contributed by atoms with E-state index >= 15 is 0 Å². The zero-order chi connectivity index (χ0) is 25.2. The SMILES string of the molecule is Cc1cccc(C)c1-c1cc2nc(n1)NSc1cccc(c1)C(=O)N1CCN(CC(C)C)CC(C1)O2. The average Bonchev–Trinajstić information content (AvgIpc) is 3.03. The van der Waals surface area contributed by atoms with Gasteiger partial charge in [-0.25, -0.2) is 4.98 Å². The molecule has 1 unspecified atom stereocenters. The second-order valence-electron chi connectivity index (χ2n) is 10.1. The summed E-state index contributed by atoms with van der Waals surface area (Å²) in [5.74, 6) is 1.56. The van der Waals surface area contributed by atoms with Crippen LogP contribution in [0.4, 0.5) is 5.95 Å². The van der Waals surface area contributed by atoms with Crippen LogP contribution in [0.15, 0.2) is 53.4 Å². The number of hydrogen-bond acceptors (Lipinski definition) is 7. The number of nitrogens with one attached hydrogen (secondary N) is 1. The number of fused-ring (bicyclic) bond motifs is 6. The summed E-state index contributed by atoms with van der Waals surface area (Å²) in [6, 6.07) is 15.9. The van der Waals surface area contributed by atoms with Gasteiger partial charge in [0.25, 0.3) is 5.91 Å². The third-order valence-electron chi connectivity index (χ3n) is 6.55. The number of carbonyl (C=O) groups is 1. The zero-order valence-electron chi connectivity index (χ0n) is 21.3. The van der Waals surface area contributed by atoms with Crippen molar-refractivity contribution >= 4 is 23.8 Å². The molecule has 1 amide bonds. The first-order chi connectivity index (χ1) is 17.4. The van der Waals surface area contributed by atoms with Gasteiger partial charge in [0.15, 0.2) is 0 Å². The zero-order valence-corrected chi connectivity index (χ0v) is 22.1. The molecule has 7 nitrogen and oxygen atoms in total.